The average Bonchev–Trinajstić information content (AvgIpc) is 3.75. The number of nitrogens with zero attached hydrogens (tertiary/aromatic N) is 2. The molecule has 13 aromatic rings. The monoisotopic (exact) mass is 864 g/mol. The summed E-state index contributed by atoms with van der Waals surface area (Å²) in [7, 11) is 0. The van der Waals surface area contributed by atoms with Crippen LogP contribution in [0.5, 0.6) is 0 Å². The summed E-state index contributed by atoms with van der Waals surface area (Å²) in [4.78, 5) is 2.40. The number of rotatable bonds is 8. The number of aromatic nitrogens is 1. The lowest BCUT2D eigenvalue weighted by atomic mass is 9.84. The molecule has 13 rings (SSSR count). The second-order valence-electron chi connectivity index (χ2n) is 17.7. The molecule has 68 heavy (non-hydrogen) atoms. The highest BCUT2D eigenvalue weighted by Gasteiger charge is 2.20. The first-order valence-electron chi connectivity index (χ1n) is 23.4. The SMILES string of the molecule is c1ccc(-c2c(-c3ccccc3)c3cc(-c4ccc(N(c5ccc(-c6ccc7ccccc7c6)cc5)c5ccc6c(c5)c5ccccc5n6-c5ccccc5)cc4)ccc3c3ccccc23)cc1. The van der Waals surface area contributed by atoms with E-state index in [0.29, 0.717) is 0 Å². The molecule has 2 nitrogen and oxygen atoms in total. The molecule has 0 aliphatic rings. The van der Waals surface area contributed by atoms with Gasteiger partial charge in [0.2, 0.25) is 0 Å². The number of anilines is 3. The molecule has 0 saturated heterocycles. The number of fused-ring (bicyclic) bond motifs is 7. The van der Waals surface area contributed by atoms with Crippen molar-refractivity contribution in [3.05, 3.63) is 267 Å². The van der Waals surface area contributed by atoms with E-state index < -0.39 is 0 Å². The van der Waals surface area contributed by atoms with Gasteiger partial charge in [-0.05, 0) is 150 Å². The first-order valence-corrected chi connectivity index (χ1v) is 23.4. The first-order chi connectivity index (χ1) is 33.7. The van der Waals surface area contributed by atoms with E-state index in [1.165, 1.54) is 93.1 Å². The second kappa shape index (κ2) is 16.5. The number of para-hydroxylation sites is 2. The summed E-state index contributed by atoms with van der Waals surface area (Å²) in [5.74, 6) is 0. The van der Waals surface area contributed by atoms with Gasteiger partial charge in [-0.2, -0.15) is 0 Å². The summed E-state index contributed by atoms with van der Waals surface area (Å²) in [6.45, 7) is 0. The zero-order chi connectivity index (χ0) is 45.0. The predicted octanol–water partition coefficient (Wildman–Crippen LogP) is 18.4. The lowest BCUT2D eigenvalue weighted by Gasteiger charge is -2.26. The van der Waals surface area contributed by atoms with Crippen molar-refractivity contribution in [2.45, 2.75) is 0 Å². The Kier molecular flexibility index (Phi) is 9.54. The van der Waals surface area contributed by atoms with Gasteiger partial charge in [0, 0.05) is 33.5 Å². The Hall–Kier alpha value is -8.98. The third kappa shape index (κ3) is 6.73. The summed E-state index contributed by atoms with van der Waals surface area (Å²) in [6.07, 6.45) is 0. The van der Waals surface area contributed by atoms with Crippen LogP contribution in [0, 0.1) is 0 Å². The average molecular weight is 865 g/mol. The van der Waals surface area contributed by atoms with Gasteiger partial charge < -0.3 is 9.47 Å². The van der Waals surface area contributed by atoms with Crippen molar-refractivity contribution in [3.8, 4) is 50.2 Å². The number of hydrogen-bond donors (Lipinski definition) is 0. The second-order valence-corrected chi connectivity index (χ2v) is 17.7. The van der Waals surface area contributed by atoms with E-state index >= 15 is 0 Å². The maximum absolute atomic E-state index is 2.41. The molecule has 0 amide bonds. The van der Waals surface area contributed by atoms with E-state index in [4.69, 9.17) is 0 Å². The van der Waals surface area contributed by atoms with Gasteiger partial charge in [-0.3, -0.25) is 0 Å². The van der Waals surface area contributed by atoms with E-state index in [1.807, 2.05) is 0 Å². The molecule has 0 spiro atoms. The summed E-state index contributed by atoms with van der Waals surface area (Å²) in [6, 6.07) is 97.5. The third-order valence-electron chi connectivity index (χ3n) is 13.7. The Labute approximate surface area is 395 Å². The van der Waals surface area contributed by atoms with Gasteiger partial charge in [0.1, 0.15) is 0 Å². The Morgan fingerprint density at radius 3 is 1.38 bits per heavy atom. The van der Waals surface area contributed by atoms with Crippen LogP contribution in [0.3, 0.4) is 0 Å². The lowest BCUT2D eigenvalue weighted by molar-refractivity contribution is 1.18. The molecule has 1 heterocycles. The van der Waals surface area contributed by atoms with Crippen LogP contribution in [-0.2, 0) is 0 Å². The minimum Gasteiger partial charge on any atom is -0.310 e. The zero-order valence-corrected chi connectivity index (χ0v) is 37.3. The van der Waals surface area contributed by atoms with Crippen molar-refractivity contribution in [2.24, 2.45) is 0 Å². The molecule has 2 heteroatoms. The minimum atomic E-state index is 1.08. The normalized spacial score (nSPS) is 11.5. The largest absolute Gasteiger partial charge is 0.310 e. The van der Waals surface area contributed by atoms with Crippen LogP contribution in [0.25, 0.3) is 104 Å². The molecule has 1 aromatic heterocycles. The van der Waals surface area contributed by atoms with Crippen molar-refractivity contribution < 1.29 is 0 Å². The van der Waals surface area contributed by atoms with E-state index in [-0.39, 0.29) is 0 Å². The van der Waals surface area contributed by atoms with Crippen LogP contribution in [-0.4, -0.2) is 4.57 Å². The molecule has 0 radical (unpaired) electrons. The highest BCUT2D eigenvalue weighted by atomic mass is 15.1. The van der Waals surface area contributed by atoms with Gasteiger partial charge in [-0.15, -0.1) is 0 Å². The fourth-order valence-corrected chi connectivity index (χ4v) is 10.6. The highest BCUT2D eigenvalue weighted by molar-refractivity contribution is 6.22. The molecule has 0 bridgehead atoms. The Morgan fingerprint density at radius 1 is 0.235 bits per heavy atom. The molecule has 12 aromatic carbocycles. The van der Waals surface area contributed by atoms with Gasteiger partial charge in [-0.1, -0.05) is 194 Å². The summed E-state index contributed by atoms with van der Waals surface area (Å²) in [5, 5.41) is 9.94. The van der Waals surface area contributed by atoms with E-state index in [1.54, 1.807) is 0 Å². The van der Waals surface area contributed by atoms with Gasteiger partial charge >= 0.3 is 0 Å². The lowest BCUT2D eigenvalue weighted by Crippen LogP contribution is -2.10. The maximum atomic E-state index is 2.41. The van der Waals surface area contributed by atoms with E-state index in [9.17, 15) is 0 Å². The molecule has 0 aliphatic carbocycles. The molecular weight excluding hydrogens is 821 g/mol. The van der Waals surface area contributed by atoms with Crippen molar-refractivity contribution in [3.63, 3.8) is 0 Å². The molecular formula is C66H44N2. The van der Waals surface area contributed by atoms with Crippen LogP contribution in [0.1, 0.15) is 0 Å². The summed E-state index contributed by atoms with van der Waals surface area (Å²) >= 11 is 0. The van der Waals surface area contributed by atoms with Crippen LogP contribution in [0.15, 0.2) is 267 Å². The van der Waals surface area contributed by atoms with Crippen molar-refractivity contribution in [1.29, 1.82) is 0 Å². The van der Waals surface area contributed by atoms with Crippen LogP contribution >= 0.6 is 0 Å². The zero-order valence-electron chi connectivity index (χ0n) is 37.3. The maximum Gasteiger partial charge on any atom is 0.0542 e. The first kappa shape index (κ1) is 39.4. The van der Waals surface area contributed by atoms with E-state index in [2.05, 4.69) is 276 Å². The van der Waals surface area contributed by atoms with Crippen LogP contribution in [0.2, 0.25) is 0 Å². The summed E-state index contributed by atoms with van der Waals surface area (Å²) < 4.78 is 2.38. The van der Waals surface area contributed by atoms with Gasteiger partial charge in [0.25, 0.3) is 0 Å². The molecule has 0 aliphatic heterocycles. The highest BCUT2D eigenvalue weighted by Crippen LogP contribution is 2.46. The van der Waals surface area contributed by atoms with Crippen molar-refractivity contribution in [2.75, 3.05) is 4.90 Å². The smallest absolute Gasteiger partial charge is 0.0542 e. The molecule has 0 saturated carbocycles. The van der Waals surface area contributed by atoms with Crippen LogP contribution < -0.4 is 4.90 Å². The standard InChI is InChI=1S/C66H44N2/c1-4-17-48(18-5-1)65-60-26-13-12-24-57(60)58-40-34-52(43-62(58)66(65)49-19-6-2-7-20-49)47-32-37-55(38-33-47)67(54-35-30-46(31-36-54)51-29-28-45-16-10-11-21-50(45)42-51)56-39-41-64-61(44-56)59-25-14-15-27-63(59)68(64)53-22-8-3-9-23-53/h1-44H. The number of hydrogen-bond acceptors (Lipinski definition) is 1. The van der Waals surface area contributed by atoms with Gasteiger partial charge in [0.05, 0.1) is 11.0 Å². The molecule has 0 N–H and O–H groups in total. The fourth-order valence-electron chi connectivity index (χ4n) is 10.6. The topological polar surface area (TPSA) is 8.17 Å². The molecule has 0 atom stereocenters. The van der Waals surface area contributed by atoms with Crippen molar-refractivity contribution in [1.82, 2.24) is 4.57 Å². The third-order valence-corrected chi connectivity index (χ3v) is 13.7. The molecule has 0 unspecified atom stereocenters. The quantitative estimate of drug-likeness (QED) is 0.138. The van der Waals surface area contributed by atoms with Crippen molar-refractivity contribution >= 4 is 71.2 Å². The molecule has 318 valence electrons. The Morgan fingerprint density at radius 2 is 0.706 bits per heavy atom. The van der Waals surface area contributed by atoms with Crippen LogP contribution in [0.4, 0.5) is 17.1 Å². The van der Waals surface area contributed by atoms with Gasteiger partial charge in [-0.25, -0.2) is 0 Å². The minimum absolute atomic E-state index is 1.08. The predicted molar refractivity (Wildman–Crippen MR) is 290 cm³/mol. The summed E-state index contributed by atoms with van der Waals surface area (Å²) in [5.41, 5.74) is 16.5. The fraction of sp³-hybridized carbons (Fsp3) is 0. The Bertz CT molecular complexity index is 3980. The Balaban J connectivity index is 0.959. The molecule has 0 fully saturated rings. The van der Waals surface area contributed by atoms with E-state index in [0.717, 1.165) is 28.3 Å². The number of benzene rings is 12. The van der Waals surface area contributed by atoms with Gasteiger partial charge in [0.15, 0.2) is 0 Å².